The summed E-state index contributed by atoms with van der Waals surface area (Å²) in [5.74, 6) is 0.736. The van der Waals surface area contributed by atoms with E-state index in [0.29, 0.717) is 6.54 Å². The van der Waals surface area contributed by atoms with Crippen molar-refractivity contribution in [2.75, 3.05) is 5.32 Å². The molecule has 0 atom stereocenters. The van der Waals surface area contributed by atoms with Gasteiger partial charge in [-0.05, 0) is 24.3 Å². The fourth-order valence-corrected chi connectivity index (χ4v) is 2.26. The van der Waals surface area contributed by atoms with Crippen LogP contribution in [0.3, 0.4) is 0 Å². The fourth-order valence-electron chi connectivity index (χ4n) is 2.26. The molecule has 0 aliphatic heterocycles. The molecule has 2 N–H and O–H groups in total. The number of para-hydroxylation sites is 2. The predicted molar refractivity (Wildman–Crippen MR) is 80.8 cm³/mol. The topological polar surface area (TPSA) is 79.4 Å². The lowest BCUT2D eigenvalue weighted by atomic mass is 10.2. The third kappa shape index (κ3) is 2.16. The molecule has 0 amide bonds. The van der Waals surface area contributed by atoms with Gasteiger partial charge in [0.2, 0.25) is 0 Å². The number of pyridine rings is 1. The van der Waals surface area contributed by atoms with Gasteiger partial charge in [-0.25, -0.2) is 9.97 Å². The fraction of sp³-hybridized carbons (Fsp3) is 0.0667. The summed E-state index contributed by atoms with van der Waals surface area (Å²) >= 11 is 0. The van der Waals surface area contributed by atoms with Gasteiger partial charge in [0.25, 0.3) is 0 Å². The molecule has 0 aliphatic carbocycles. The van der Waals surface area contributed by atoms with Crippen molar-refractivity contribution >= 4 is 27.9 Å². The molecule has 0 spiro atoms. The Hall–Kier alpha value is -3.02. The second-order valence-corrected chi connectivity index (χ2v) is 4.67. The molecular weight excluding hydrogens is 264 g/mol. The first-order valence-corrected chi connectivity index (χ1v) is 6.64. The molecule has 4 aromatic rings. The summed E-state index contributed by atoms with van der Waals surface area (Å²) < 4.78 is 0. The smallest absolute Gasteiger partial charge is 0.181 e. The van der Waals surface area contributed by atoms with Crippen LogP contribution in [0.1, 0.15) is 5.69 Å². The van der Waals surface area contributed by atoms with Gasteiger partial charge in [0.05, 0.1) is 29.5 Å². The number of nitrogens with one attached hydrogen (secondary N) is 2. The predicted octanol–water partition coefficient (Wildman–Crippen LogP) is 2.51. The zero-order valence-corrected chi connectivity index (χ0v) is 11.1. The molecule has 0 saturated carbocycles. The van der Waals surface area contributed by atoms with Gasteiger partial charge in [-0.2, -0.15) is 5.10 Å². The molecule has 102 valence electrons. The quantitative estimate of drug-likeness (QED) is 0.601. The normalized spacial score (nSPS) is 11.0. The highest BCUT2D eigenvalue weighted by Crippen LogP contribution is 2.15. The molecule has 21 heavy (non-hydrogen) atoms. The standard InChI is InChI=1S/C15H12N6/c1-2-6-12-11(5-1)17-9-14(19-12)18-8-13-10-4-3-7-16-15(10)21-20-13/h1-7,9H,8H2,(H,18,19)(H,16,20,21). The molecule has 0 saturated heterocycles. The maximum atomic E-state index is 4.53. The van der Waals surface area contributed by atoms with E-state index in [0.717, 1.165) is 33.6 Å². The zero-order chi connectivity index (χ0) is 14.1. The molecule has 3 aromatic heterocycles. The highest BCUT2D eigenvalue weighted by Gasteiger charge is 2.06. The monoisotopic (exact) mass is 276 g/mol. The van der Waals surface area contributed by atoms with E-state index >= 15 is 0 Å². The number of H-pyrrole nitrogens is 1. The van der Waals surface area contributed by atoms with Crippen molar-refractivity contribution in [1.29, 1.82) is 0 Å². The molecule has 6 nitrogen and oxygen atoms in total. The number of aromatic nitrogens is 5. The van der Waals surface area contributed by atoms with E-state index in [1.54, 1.807) is 12.4 Å². The summed E-state index contributed by atoms with van der Waals surface area (Å²) in [6.45, 7) is 0.592. The summed E-state index contributed by atoms with van der Waals surface area (Å²) in [7, 11) is 0. The van der Waals surface area contributed by atoms with Gasteiger partial charge < -0.3 is 5.32 Å². The van der Waals surface area contributed by atoms with Crippen molar-refractivity contribution in [1.82, 2.24) is 25.1 Å². The van der Waals surface area contributed by atoms with Crippen LogP contribution in [-0.4, -0.2) is 25.1 Å². The first-order valence-electron chi connectivity index (χ1n) is 6.64. The summed E-state index contributed by atoms with van der Waals surface area (Å²) in [6.07, 6.45) is 3.47. The second-order valence-electron chi connectivity index (χ2n) is 4.67. The van der Waals surface area contributed by atoms with Crippen LogP contribution in [0.5, 0.6) is 0 Å². The van der Waals surface area contributed by atoms with Gasteiger partial charge >= 0.3 is 0 Å². The average molecular weight is 276 g/mol. The minimum Gasteiger partial charge on any atom is -0.363 e. The van der Waals surface area contributed by atoms with Crippen molar-refractivity contribution in [3.8, 4) is 0 Å². The van der Waals surface area contributed by atoms with E-state index in [1.165, 1.54) is 0 Å². The Balaban J connectivity index is 1.60. The average Bonchev–Trinajstić information content (AvgIpc) is 2.96. The van der Waals surface area contributed by atoms with Crippen LogP contribution in [0.2, 0.25) is 0 Å². The molecule has 0 unspecified atom stereocenters. The van der Waals surface area contributed by atoms with E-state index in [9.17, 15) is 0 Å². The Morgan fingerprint density at radius 1 is 1.00 bits per heavy atom. The van der Waals surface area contributed by atoms with E-state index in [2.05, 4.69) is 30.5 Å². The molecule has 4 rings (SSSR count). The molecule has 0 fully saturated rings. The molecule has 1 aromatic carbocycles. The van der Waals surface area contributed by atoms with Gasteiger partial charge in [-0.1, -0.05) is 12.1 Å². The summed E-state index contributed by atoms with van der Waals surface area (Å²) in [5, 5.41) is 11.4. The van der Waals surface area contributed by atoms with Crippen molar-refractivity contribution in [2.45, 2.75) is 6.54 Å². The number of benzene rings is 1. The summed E-state index contributed by atoms with van der Waals surface area (Å²) in [6, 6.07) is 11.7. The number of rotatable bonds is 3. The number of aromatic amines is 1. The molecular formula is C15H12N6. The van der Waals surface area contributed by atoms with Crippen LogP contribution >= 0.6 is 0 Å². The number of hydrogen-bond acceptors (Lipinski definition) is 5. The molecule has 3 heterocycles. The van der Waals surface area contributed by atoms with Crippen molar-refractivity contribution < 1.29 is 0 Å². The highest BCUT2D eigenvalue weighted by molar-refractivity contribution is 5.78. The first kappa shape index (κ1) is 11.8. The second kappa shape index (κ2) is 4.82. The lowest BCUT2D eigenvalue weighted by molar-refractivity contribution is 0.982. The number of nitrogens with zero attached hydrogens (tertiary/aromatic N) is 4. The van der Waals surface area contributed by atoms with Gasteiger partial charge in [-0.15, -0.1) is 0 Å². The van der Waals surface area contributed by atoms with E-state index in [4.69, 9.17) is 0 Å². The third-order valence-electron chi connectivity index (χ3n) is 3.30. The largest absolute Gasteiger partial charge is 0.363 e. The van der Waals surface area contributed by atoms with Gasteiger partial charge in [0.1, 0.15) is 5.82 Å². The third-order valence-corrected chi connectivity index (χ3v) is 3.30. The molecule has 0 radical (unpaired) electrons. The Labute approximate surface area is 120 Å². The summed E-state index contributed by atoms with van der Waals surface area (Å²) in [5.41, 5.74) is 3.46. The van der Waals surface area contributed by atoms with Crippen LogP contribution in [0, 0.1) is 0 Å². The van der Waals surface area contributed by atoms with E-state index in [1.807, 2.05) is 36.4 Å². The Morgan fingerprint density at radius 3 is 2.86 bits per heavy atom. The summed E-state index contributed by atoms with van der Waals surface area (Å²) in [4.78, 5) is 13.1. The zero-order valence-electron chi connectivity index (χ0n) is 11.1. The van der Waals surface area contributed by atoms with Crippen LogP contribution in [0.4, 0.5) is 5.82 Å². The Kier molecular flexibility index (Phi) is 2.71. The number of hydrogen-bond donors (Lipinski definition) is 2. The molecule has 0 bridgehead atoms. The van der Waals surface area contributed by atoms with Crippen LogP contribution in [-0.2, 0) is 6.54 Å². The van der Waals surface area contributed by atoms with Crippen molar-refractivity contribution in [3.63, 3.8) is 0 Å². The van der Waals surface area contributed by atoms with E-state index in [-0.39, 0.29) is 0 Å². The van der Waals surface area contributed by atoms with Crippen LogP contribution < -0.4 is 5.32 Å². The molecule has 6 heteroatoms. The Morgan fingerprint density at radius 2 is 1.90 bits per heavy atom. The minimum absolute atomic E-state index is 0.592. The maximum Gasteiger partial charge on any atom is 0.181 e. The number of anilines is 1. The molecule has 0 aliphatic rings. The maximum absolute atomic E-state index is 4.53. The van der Waals surface area contributed by atoms with Crippen LogP contribution in [0.25, 0.3) is 22.1 Å². The van der Waals surface area contributed by atoms with Gasteiger partial charge in [0.15, 0.2) is 5.65 Å². The van der Waals surface area contributed by atoms with Crippen LogP contribution in [0.15, 0.2) is 48.8 Å². The SMILES string of the molecule is c1ccc2nc(NCc3[nH]nc4ncccc34)cnc2c1. The highest BCUT2D eigenvalue weighted by atomic mass is 15.2. The van der Waals surface area contributed by atoms with Crippen molar-refractivity contribution in [3.05, 3.63) is 54.5 Å². The lowest BCUT2D eigenvalue weighted by Gasteiger charge is -2.05. The number of fused-ring (bicyclic) bond motifs is 2. The van der Waals surface area contributed by atoms with Gasteiger partial charge in [0, 0.05) is 11.6 Å². The van der Waals surface area contributed by atoms with Crippen molar-refractivity contribution in [2.24, 2.45) is 0 Å². The lowest BCUT2D eigenvalue weighted by Crippen LogP contribution is -2.02. The minimum atomic E-state index is 0.592. The van der Waals surface area contributed by atoms with E-state index < -0.39 is 0 Å². The first-order chi connectivity index (χ1) is 10.4. The van der Waals surface area contributed by atoms with Gasteiger partial charge in [-0.3, -0.25) is 10.1 Å². The Bertz CT molecular complexity index is 914.